The molecule has 1 rings (SSSR count). The third kappa shape index (κ3) is 1.66. The van der Waals surface area contributed by atoms with Gasteiger partial charge in [0.05, 0.1) is 0 Å². The van der Waals surface area contributed by atoms with Crippen molar-refractivity contribution in [1.29, 1.82) is 0 Å². The molecule has 12 heavy (non-hydrogen) atoms. The van der Waals surface area contributed by atoms with E-state index in [1.165, 1.54) is 5.57 Å². The Balaban J connectivity index is 2.84. The van der Waals surface area contributed by atoms with E-state index >= 15 is 0 Å². The minimum Gasteiger partial charge on any atom is -0.299 e. The monoisotopic (exact) mass is 164 g/mol. The lowest BCUT2D eigenvalue weighted by molar-refractivity contribution is -0.120. The van der Waals surface area contributed by atoms with Crippen LogP contribution >= 0.6 is 0 Å². The van der Waals surface area contributed by atoms with Gasteiger partial charge in [0.15, 0.2) is 0 Å². The van der Waals surface area contributed by atoms with Crippen LogP contribution in [0.4, 0.5) is 0 Å². The molecule has 0 aromatic rings. The molecule has 0 radical (unpaired) electrons. The number of carbonyl (C=O) groups excluding carboxylic acids is 1. The quantitative estimate of drug-likeness (QED) is 0.613. The van der Waals surface area contributed by atoms with E-state index in [4.69, 9.17) is 0 Å². The molecule has 0 fully saturated rings. The molecule has 1 nitrogen and oxygen atoms in total. The first kappa shape index (κ1) is 9.24. The zero-order valence-electron chi connectivity index (χ0n) is 8.00. The molecule has 0 aromatic carbocycles. The molecule has 66 valence electrons. The fourth-order valence-electron chi connectivity index (χ4n) is 1.86. The van der Waals surface area contributed by atoms with Gasteiger partial charge in [0.1, 0.15) is 5.78 Å². The second-order valence-corrected chi connectivity index (χ2v) is 3.45. The van der Waals surface area contributed by atoms with Crippen LogP contribution in [0.3, 0.4) is 0 Å². The van der Waals surface area contributed by atoms with Crippen molar-refractivity contribution in [3.63, 3.8) is 0 Å². The number of ketones is 1. The highest BCUT2D eigenvalue weighted by atomic mass is 16.1. The van der Waals surface area contributed by atoms with E-state index in [1.807, 2.05) is 12.2 Å². The maximum absolute atomic E-state index is 11.2. The van der Waals surface area contributed by atoms with Gasteiger partial charge in [0, 0.05) is 5.92 Å². The van der Waals surface area contributed by atoms with Crippen molar-refractivity contribution in [3.05, 3.63) is 23.8 Å². The van der Waals surface area contributed by atoms with Crippen molar-refractivity contribution in [3.8, 4) is 0 Å². The Hall–Kier alpha value is -0.850. The van der Waals surface area contributed by atoms with Gasteiger partial charge in [-0.05, 0) is 26.2 Å². The van der Waals surface area contributed by atoms with Crippen LogP contribution in [0.2, 0.25) is 0 Å². The summed E-state index contributed by atoms with van der Waals surface area (Å²) in [4.78, 5) is 11.2. The molecule has 2 unspecified atom stereocenters. The Labute approximate surface area is 74.2 Å². The summed E-state index contributed by atoms with van der Waals surface area (Å²) in [5.74, 6) is 0.845. The fourth-order valence-corrected chi connectivity index (χ4v) is 1.86. The summed E-state index contributed by atoms with van der Waals surface area (Å²) in [7, 11) is 0. The van der Waals surface area contributed by atoms with Gasteiger partial charge in [-0.15, -0.1) is 0 Å². The number of Topliss-reactive ketones (excluding diaryl/α,β-unsaturated/α-hetero) is 1. The van der Waals surface area contributed by atoms with E-state index in [0.717, 1.165) is 6.42 Å². The SMILES string of the molecule is CCC1C(C)=CC=CC1C(C)=O. The number of rotatable bonds is 2. The molecule has 2 atom stereocenters. The molecule has 1 heteroatoms. The van der Waals surface area contributed by atoms with Crippen molar-refractivity contribution < 1.29 is 4.79 Å². The van der Waals surface area contributed by atoms with Gasteiger partial charge in [-0.1, -0.05) is 30.7 Å². The predicted octanol–water partition coefficient (Wildman–Crippen LogP) is 2.73. The van der Waals surface area contributed by atoms with Crippen molar-refractivity contribution in [2.24, 2.45) is 11.8 Å². The van der Waals surface area contributed by atoms with Crippen molar-refractivity contribution in [2.75, 3.05) is 0 Å². The largest absolute Gasteiger partial charge is 0.299 e. The highest BCUT2D eigenvalue weighted by molar-refractivity contribution is 5.81. The minimum absolute atomic E-state index is 0.125. The Morgan fingerprint density at radius 3 is 2.67 bits per heavy atom. The Kier molecular flexibility index (Phi) is 2.85. The van der Waals surface area contributed by atoms with E-state index in [0.29, 0.717) is 5.92 Å². The molecular weight excluding hydrogens is 148 g/mol. The van der Waals surface area contributed by atoms with Crippen LogP contribution in [-0.4, -0.2) is 5.78 Å². The zero-order chi connectivity index (χ0) is 9.14. The third-order valence-electron chi connectivity index (χ3n) is 2.61. The van der Waals surface area contributed by atoms with Gasteiger partial charge in [0.25, 0.3) is 0 Å². The van der Waals surface area contributed by atoms with Crippen LogP contribution in [0.15, 0.2) is 23.8 Å². The Bertz CT molecular complexity index is 235. The topological polar surface area (TPSA) is 17.1 Å². The second kappa shape index (κ2) is 3.70. The van der Waals surface area contributed by atoms with Crippen molar-refractivity contribution in [2.45, 2.75) is 27.2 Å². The van der Waals surface area contributed by atoms with Crippen molar-refractivity contribution >= 4 is 5.78 Å². The average Bonchev–Trinajstić information content (AvgIpc) is 2.03. The second-order valence-electron chi connectivity index (χ2n) is 3.45. The Morgan fingerprint density at radius 2 is 2.25 bits per heavy atom. The highest BCUT2D eigenvalue weighted by Gasteiger charge is 2.24. The third-order valence-corrected chi connectivity index (χ3v) is 2.61. The van der Waals surface area contributed by atoms with Gasteiger partial charge >= 0.3 is 0 Å². The summed E-state index contributed by atoms with van der Waals surface area (Å²) >= 11 is 0. The van der Waals surface area contributed by atoms with Crippen LogP contribution in [0.1, 0.15) is 27.2 Å². The molecule has 1 aliphatic carbocycles. The van der Waals surface area contributed by atoms with Crippen LogP contribution in [-0.2, 0) is 4.79 Å². The molecule has 0 aliphatic heterocycles. The maximum Gasteiger partial charge on any atom is 0.137 e. The first-order valence-corrected chi connectivity index (χ1v) is 4.52. The first-order chi connectivity index (χ1) is 5.66. The average molecular weight is 164 g/mol. The molecular formula is C11H16O. The van der Waals surface area contributed by atoms with E-state index in [9.17, 15) is 4.79 Å². The summed E-state index contributed by atoms with van der Waals surface area (Å²) < 4.78 is 0. The van der Waals surface area contributed by atoms with Crippen LogP contribution < -0.4 is 0 Å². The summed E-state index contributed by atoms with van der Waals surface area (Å²) in [6.45, 7) is 5.92. The summed E-state index contributed by atoms with van der Waals surface area (Å²) in [5, 5.41) is 0. The van der Waals surface area contributed by atoms with Crippen LogP contribution in [0.25, 0.3) is 0 Å². The van der Waals surface area contributed by atoms with E-state index < -0.39 is 0 Å². The molecule has 0 saturated carbocycles. The molecule has 0 heterocycles. The summed E-state index contributed by atoms with van der Waals surface area (Å²) in [6.07, 6.45) is 7.17. The van der Waals surface area contributed by atoms with Gasteiger partial charge in [0.2, 0.25) is 0 Å². The van der Waals surface area contributed by atoms with Crippen molar-refractivity contribution in [1.82, 2.24) is 0 Å². The predicted molar refractivity (Wildman–Crippen MR) is 50.8 cm³/mol. The lowest BCUT2D eigenvalue weighted by Gasteiger charge is -2.24. The maximum atomic E-state index is 11.2. The molecule has 1 aliphatic rings. The van der Waals surface area contributed by atoms with Crippen LogP contribution in [0.5, 0.6) is 0 Å². The normalized spacial score (nSPS) is 28.4. The minimum atomic E-state index is 0.125. The number of carbonyl (C=O) groups is 1. The number of hydrogen-bond acceptors (Lipinski definition) is 1. The number of hydrogen-bond donors (Lipinski definition) is 0. The molecule has 0 spiro atoms. The molecule has 0 aromatic heterocycles. The van der Waals surface area contributed by atoms with Gasteiger partial charge < -0.3 is 0 Å². The van der Waals surface area contributed by atoms with Gasteiger partial charge in [-0.25, -0.2) is 0 Å². The van der Waals surface area contributed by atoms with Gasteiger partial charge in [-0.3, -0.25) is 4.79 Å². The number of allylic oxidation sites excluding steroid dienone is 4. The zero-order valence-corrected chi connectivity index (χ0v) is 8.00. The smallest absolute Gasteiger partial charge is 0.137 e. The van der Waals surface area contributed by atoms with E-state index in [2.05, 4.69) is 19.9 Å². The lowest BCUT2D eigenvalue weighted by atomic mass is 9.79. The standard InChI is InChI=1S/C11H16O/c1-4-10-8(2)6-5-7-11(10)9(3)12/h5-7,10-11H,4H2,1-3H3. The molecule has 0 N–H and O–H groups in total. The highest BCUT2D eigenvalue weighted by Crippen LogP contribution is 2.29. The van der Waals surface area contributed by atoms with E-state index in [1.54, 1.807) is 6.92 Å². The summed E-state index contributed by atoms with van der Waals surface area (Å²) in [5.41, 5.74) is 1.33. The molecule has 0 bridgehead atoms. The fraction of sp³-hybridized carbons (Fsp3) is 0.545. The first-order valence-electron chi connectivity index (χ1n) is 4.52. The Morgan fingerprint density at radius 1 is 1.58 bits per heavy atom. The molecule has 0 amide bonds. The van der Waals surface area contributed by atoms with Crippen LogP contribution in [0, 0.1) is 11.8 Å². The van der Waals surface area contributed by atoms with E-state index in [-0.39, 0.29) is 11.7 Å². The summed E-state index contributed by atoms with van der Waals surface area (Å²) in [6, 6.07) is 0. The molecule has 0 saturated heterocycles. The lowest BCUT2D eigenvalue weighted by Crippen LogP contribution is -2.22. The van der Waals surface area contributed by atoms with Gasteiger partial charge in [-0.2, -0.15) is 0 Å².